The summed E-state index contributed by atoms with van der Waals surface area (Å²) < 4.78 is 43.5. The molecule has 3 rings (SSSR count). The number of furan rings is 1. The fraction of sp³-hybridized carbons (Fsp3) is 0.588. The number of carbonyl (C=O) groups is 3. The highest BCUT2D eigenvalue weighted by Crippen LogP contribution is 2.46. The Kier molecular flexibility index (Phi) is 4.81. The van der Waals surface area contributed by atoms with Crippen LogP contribution in [0.25, 0.3) is 0 Å². The Morgan fingerprint density at radius 1 is 1.27 bits per heavy atom. The molecular weight excluding hydrogens is 353 g/mol. The number of hydrogen-bond donors (Lipinski definition) is 0. The largest absolute Gasteiger partial charge is 0.467 e. The second-order valence-electron chi connectivity index (χ2n) is 6.89. The fourth-order valence-electron chi connectivity index (χ4n) is 3.74. The summed E-state index contributed by atoms with van der Waals surface area (Å²) in [5.74, 6) is -1.67. The predicted octanol–water partition coefficient (Wildman–Crippen LogP) is 2.49. The molecule has 9 heteroatoms. The summed E-state index contributed by atoms with van der Waals surface area (Å²) in [6.07, 6.45) is -0.436. The van der Waals surface area contributed by atoms with Gasteiger partial charge in [-0.2, -0.15) is 13.2 Å². The molecule has 3 amide bonds. The van der Waals surface area contributed by atoms with Crippen molar-refractivity contribution in [1.29, 1.82) is 0 Å². The van der Waals surface area contributed by atoms with Gasteiger partial charge in [0.1, 0.15) is 18.8 Å². The summed E-state index contributed by atoms with van der Waals surface area (Å²) in [6, 6.07) is 2.96. The normalized spacial score (nSPS) is 19.6. The lowest BCUT2D eigenvalue weighted by Crippen LogP contribution is -2.46. The molecule has 0 radical (unpaired) electrons. The first-order valence-corrected chi connectivity index (χ1v) is 8.42. The van der Waals surface area contributed by atoms with Gasteiger partial charge < -0.3 is 9.32 Å². The van der Waals surface area contributed by atoms with Crippen molar-refractivity contribution in [2.75, 3.05) is 13.1 Å². The summed E-state index contributed by atoms with van der Waals surface area (Å²) in [5, 5.41) is 0. The van der Waals surface area contributed by atoms with Crippen molar-refractivity contribution in [2.45, 2.75) is 44.8 Å². The monoisotopic (exact) mass is 372 g/mol. The highest BCUT2D eigenvalue weighted by Gasteiger charge is 2.53. The molecule has 0 unspecified atom stereocenters. The lowest BCUT2D eigenvalue weighted by Gasteiger charge is -2.26. The van der Waals surface area contributed by atoms with E-state index in [1.807, 2.05) is 0 Å². The first-order chi connectivity index (χ1) is 12.2. The van der Waals surface area contributed by atoms with Crippen LogP contribution in [-0.4, -0.2) is 46.8 Å². The second kappa shape index (κ2) is 6.77. The Morgan fingerprint density at radius 3 is 2.54 bits per heavy atom. The van der Waals surface area contributed by atoms with E-state index in [4.69, 9.17) is 4.42 Å². The smallest absolute Gasteiger partial charge is 0.406 e. The van der Waals surface area contributed by atoms with Crippen LogP contribution in [0.15, 0.2) is 22.8 Å². The summed E-state index contributed by atoms with van der Waals surface area (Å²) in [5.41, 5.74) is -0.757. The van der Waals surface area contributed by atoms with Crippen LogP contribution in [0.1, 0.15) is 37.9 Å². The number of amides is 3. The molecule has 1 aromatic heterocycles. The van der Waals surface area contributed by atoms with E-state index in [1.54, 1.807) is 0 Å². The van der Waals surface area contributed by atoms with Crippen LogP contribution < -0.4 is 0 Å². The Labute approximate surface area is 147 Å². The summed E-state index contributed by atoms with van der Waals surface area (Å²) >= 11 is 0. The fourth-order valence-corrected chi connectivity index (χ4v) is 3.74. The van der Waals surface area contributed by atoms with Crippen molar-refractivity contribution in [3.05, 3.63) is 24.2 Å². The van der Waals surface area contributed by atoms with Gasteiger partial charge in [-0.3, -0.25) is 19.3 Å². The Hall–Kier alpha value is -2.32. The summed E-state index contributed by atoms with van der Waals surface area (Å²) in [6.45, 7) is -2.53. The SMILES string of the molecule is O=C(CN1C(=O)CC2(CCCC2)C1=O)N(Cc1ccco1)CC(F)(F)F. The lowest BCUT2D eigenvalue weighted by molar-refractivity contribution is -0.165. The standard InChI is InChI=1S/C17H19F3N2O4/c18-17(19,20)11-21(9-12-4-3-7-26-12)14(24)10-22-13(23)8-16(15(22)25)5-1-2-6-16/h3-4,7H,1-2,5-6,8-11H2. The minimum atomic E-state index is -4.60. The van der Waals surface area contributed by atoms with Crippen molar-refractivity contribution >= 4 is 17.7 Å². The molecule has 1 saturated carbocycles. The Morgan fingerprint density at radius 2 is 1.96 bits per heavy atom. The van der Waals surface area contributed by atoms with Crippen molar-refractivity contribution < 1.29 is 32.0 Å². The van der Waals surface area contributed by atoms with Crippen LogP contribution in [0.4, 0.5) is 13.2 Å². The average molecular weight is 372 g/mol. The molecule has 1 spiro atoms. The molecule has 2 fully saturated rings. The number of halogens is 3. The minimum Gasteiger partial charge on any atom is -0.467 e. The van der Waals surface area contributed by atoms with E-state index in [1.165, 1.54) is 18.4 Å². The van der Waals surface area contributed by atoms with Crippen molar-refractivity contribution in [2.24, 2.45) is 5.41 Å². The van der Waals surface area contributed by atoms with E-state index in [9.17, 15) is 27.6 Å². The van der Waals surface area contributed by atoms with E-state index >= 15 is 0 Å². The number of likely N-dealkylation sites (tertiary alicyclic amines) is 1. The maximum absolute atomic E-state index is 12.8. The number of hydrogen-bond acceptors (Lipinski definition) is 4. The second-order valence-corrected chi connectivity index (χ2v) is 6.89. The Bertz CT molecular complexity index is 693. The van der Waals surface area contributed by atoms with E-state index in [2.05, 4.69) is 0 Å². The molecule has 2 heterocycles. The maximum atomic E-state index is 12.8. The summed E-state index contributed by atoms with van der Waals surface area (Å²) in [4.78, 5) is 38.6. The van der Waals surface area contributed by atoms with Gasteiger partial charge in [0, 0.05) is 6.42 Å². The molecule has 1 aliphatic heterocycles. The predicted molar refractivity (Wildman–Crippen MR) is 82.4 cm³/mol. The molecule has 6 nitrogen and oxygen atoms in total. The van der Waals surface area contributed by atoms with Crippen LogP contribution in [0.5, 0.6) is 0 Å². The third kappa shape index (κ3) is 3.76. The van der Waals surface area contributed by atoms with Gasteiger partial charge >= 0.3 is 6.18 Å². The molecule has 2 aliphatic rings. The highest BCUT2D eigenvalue weighted by molar-refractivity contribution is 6.08. The molecule has 142 valence electrons. The van der Waals surface area contributed by atoms with Gasteiger partial charge in [0.2, 0.25) is 17.7 Å². The van der Waals surface area contributed by atoms with Crippen LogP contribution in [0.2, 0.25) is 0 Å². The van der Waals surface area contributed by atoms with Crippen molar-refractivity contribution in [3.8, 4) is 0 Å². The van der Waals surface area contributed by atoms with Gasteiger partial charge in [-0.1, -0.05) is 12.8 Å². The van der Waals surface area contributed by atoms with Gasteiger partial charge in [-0.05, 0) is 25.0 Å². The third-order valence-electron chi connectivity index (χ3n) is 4.99. The summed E-state index contributed by atoms with van der Waals surface area (Å²) in [7, 11) is 0. The third-order valence-corrected chi connectivity index (χ3v) is 4.99. The van der Waals surface area contributed by atoms with E-state index in [0.717, 1.165) is 17.7 Å². The molecule has 1 saturated heterocycles. The van der Waals surface area contributed by atoms with Crippen molar-refractivity contribution in [1.82, 2.24) is 9.80 Å². The zero-order chi connectivity index (χ0) is 18.9. The van der Waals surface area contributed by atoms with Crippen molar-refractivity contribution in [3.63, 3.8) is 0 Å². The molecule has 0 N–H and O–H groups in total. The topological polar surface area (TPSA) is 70.8 Å². The zero-order valence-corrected chi connectivity index (χ0v) is 14.1. The van der Waals surface area contributed by atoms with Gasteiger partial charge in [-0.25, -0.2) is 0 Å². The molecule has 0 atom stereocenters. The number of nitrogens with zero attached hydrogens (tertiary/aromatic N) is 2. The number of imide groups is 1. The maximum Gasteiger partial charge on any atom is 0.406 e. The lowest BCUT2D eigenvalue weighted by atomic mass is 9.84. The number of carbonyl (C=O) groups excluding carboxylic acids is 3. The van der Waals surface area contributed by atoms with Crippen LogP contribution >= 0.6 is 0 Å². The first kappa shape index (κ1) is 18.5. The molecular formula is C17H19F3N2O4. The molecule has 0 aromatic carbocycles. The quantitative estimate of drug-likeness (QED) is 0.745. The number of rotatable bonds is 5. The van der Waals surface area contributed by atoms with Crippen LogP contribution in [0, 0.1) is 5.41 Å². The van der Waals surface area contributed by atoms with Gasteiger partial charge in [-0.15, -0.1) is 0 Å². The number of alkyl halides is 3. The molecule has 26 heavy (non-hydrogen) atoms. The zero-order valence-electron chi connectivity index (χ0n) is 14.1. The van der Waals surface area contributed by atoms with Crippen LogP contribution in [0.3, 0.4) is 0 Å². The molecule has 1 aliphatic carbocycles. The van der Waals surface area contributed by atoms with Gasteiger partial charge in [0.05, 0.1) is 18.2 Å². The molecule has 0 bridgehead atoms. The average Bonchev–Trinajstić information content (AvgIpc) is 3.25. The van der Waals surface area contributed by atoms with E-state index in [-0.39, 0.29) is 18.7 Å². The molecule has 1 aromatic rings. The van der Waals surface area contributed by atoms with Gasteiger partial charge in [0.25, 0.3) is 0 Å². The highest BCUT2D eigenvalue weighted by atomic mass is 19.4. The van der Waals surface area contributed by atoms with Crippen LogP contribution in [-0.2, 0) is 20.9 Å². The Balaban J connectivity index is 1.72. The first-order valence-electron chi connectivity index (χ1n) is 8.42. The van der Waals surface area contributed by atoms with Gasteiger partial charge in [0.15, 0.2) is 0 Å². The van der Waals surface area contributed by atoms with E-state index < -0.39 is 42.4 Å². The minimum absolute atomic E-state index is 0.0383. The van der Waals surface area contributed by atoms with E-state index in [0.29, 0.717) is 17.7 Å².